The minimum Gasteiger partial charge on any atom is -0.479 e. The number of nitro groups is 1. The van der Waals surface area contributed by atoms with E-state index in [1.807, 2.05) is 13.8 Å². The van der Waals surface area contributed by atoms with Crippen LogP contribution < -0.4 is 5.32 Å². The average molecular weight is 346 g/mol. The molecule has 0 aliphatic carbocycles. The lowest BCUT2D eigenvalue weighted by molar-refractivity contribution is -0.385. The van der Waals surface area contributed by atoms with E-state index in [1.165, 1.54) is 14.0 Å². The quantitative estimate of drug-likeness (QED) is 0.628. The van der Waals surface area contributed by atoms with Crippen molar-refractivity contribution in [1.82, 2.24) is 15.1 Å². The van der Waals surface area contributed by atoms with E-state index < -0.39 is 28.5 Å². The molecule has 25 heavy (non-hydrogen) atoms. The zero-order chi connectivity index (χ0) is 18.9. The second-order valence-corrected chi connectivity index (χ2v) is 5.75. The molecule has 0 fully saturated rings. The highest BCUT2D eigenvalue weighted by Crippen LogP contribution is 2.24. The fourth-order valence-corrected chi connectivity index (χ4v) is 2.55. The first kappa shape index (κ1) is 18.1. The summed E-state index contributed by atoms with van der Waals surface area (Å²) in [5.41, 5.74) is 1.58. The number of nitrogens with one attached hydrogen (secondary N) is 1. The van der Waals surface area contributed by atoms with Crippen molar-refractivity contribution in [1.29, 1.82) is 0 Å². The number of hydrogen-bond donors (Lipinski definition) is 2. The Morgan fingerprint density at radius 2 is 1.92 bits per heavy atom. The summed E-state index contributed by atoms with van der Waals surface area (Å²) >= 11 is 0. The third kappa shape index (κ3) is 3.49. The highest BCUT2D eigenvalue weighted by atomic mass is 16.6. The second-order valence-electron chi connectivity index (χ2n) is 5.75. The minimum atomic E-state index is -1.33. The Bertz CT molecular complexity index is 872. The molecule has 1 amide bonds. The zero-order valence-electron chi connectivity index (χ0n) is 14.2. The van der Waals surface area contributed by atoms with Crippen LogP contribution in [0.2, 0.25) is 0 Å². The molecule has 1 unspecified atom stereocenters. The number of rotatable bonds is 5. The SMILES string of the molecule is Cc1ccc(C(NC(=O)c2c([N+](=O)[O-])c(C)nn2C)C(=O)O)cc1C. The number of carbonyl (C=O) groups excluding carboxylic acids is 1. The smallest absolute Gasteiger partial charge is 0.330 e. The van der Waals surface area contributed by atoms with Gasteiger partial charge in [0.05, 0.1) is 4.92 Å². The molecule has 0 radical (unpaired) electrons. The summed E-state index contributed by atoms with van der Waals surface area (Å²) in [6.45, 7) is 5.12. The van der Waals surface area contributed by atoms with Gasteiger partial charge in [0.25, 0.3) is 5.91 Å². The lowest BCUT2D eigenvalue weighted by Crippen LogP contribution is -2.35. The minimum absolute atomic E-state index is 0.0794. The predicted octanol–water partition coefficient (Wildman–Crippen LogP) is 1.81. The maximum Gasteiger partial charge on any atom is 0.330 e. The van der Waals surface area contributed by atoms with Crippen LogP contribution >= 0.6 is 0 Å². The monoisotopic (exact) mass is 346 g/mol. The van der Waals surface area contributed by atoms with E-state index in [2.05, 4.69) is 10.4 Å². The van der Waals surface area contributed by atoms with Gasteiger partial charge in [0.1, 0.15) is 5.69 Å². The molecule has 2 aromatic rings. The Labute approximate surface area is 143 Å². The highest BCUT2D eigenvalue weighted by molar-refractivity contribution is 5.99. The van der Waals surface area contributed by atoms with Gasteiger partial charge in [-0.25, -0.2) is 4.79 Å². The molecule has 1 aromatic carbocycles. The first-order chi connectivity index (χ1) is 11.6. The highest BCUT2D eigenvalue weighted by Gasteiger charge is 2.32. The third-order valence-electron chi connectivity index (χ3n) is 3.97. The number of amides is 1. The number of aliphatic carboxylic acids is 1. The van der Waals surface area contributed by atoms with E-state index in [4.69, 9.17) is 0 Å². The third-order valence-corrected chi connectivity index (χ3v) is 3.97. The second kappa shape index (κ2) is 6.71. The number of benzene rings is 1. The lowest BCUT2D eigenvalue weighted by atomic mass is 10.0. The molecule has 0 aliphatic heterocycles. The maximum atomic E-state index is 12.5. The number of carboxylic acids is 1. The molecule has 2 rings (SSSR count). The van der Waals surface area contributed by atoms with Crippen LogP contribution in [0.4, 0.5) is 5.69 Å². The number of nitrogens with zero attached hydrogens (tertiary/aromatic N) is 3. The number of hydrogen-bond acceptors (Lipinski definition) is 5. The van der Waals surface area contributed by atoms with Gasteiger partial charge in [-0.3, -0.25) is 19.6 Å². The molecule has 0 aliphatic rings. The van der Waals surface area contributed by atoms with Crippen LogP contribution in [-0.2, 0) is 11.8 Å². The fourth-order valence-electron chi connectivity index (χ4n) is 2.55. The van der Waals surface area contributed by atoms with Crippen molar-refractivity contribution in [2.75, 3.05) is 0 Å². The number of aromatic nitrogens is 2. The van der Waals surface area contributed by atoms with Crippen molar-refractivity contribution in [3.8, 4) is 0 Å². The number of carbonyl (C=O) groups is 2. The van der Waals surface area contributed by atoms with Crippen molar-refractivity contribution >= 4 is 17.6 Å². The van der Waals surface area contributed by atoms with Gasteiger partial charge in [-0.1, -0.05) is 18.2 Å². The summed E-state index contributed by atoms with van der Waals surface area (Å²) in [6, 6.07) is 3.69. The van der Waals surface area contributed by atoms with Crippen LogP contribution in [0.5, 0.6) is 0 Å². The van der Waals surface area contributed by atoms with Crippen LogP contribution in [0.15, 0.2) is 18.2 Å². The summed E-state index contributed by atoms with van der Waals surface area (Å²) < 4.78 is 1.07. The van der Waals surface area contributed by atoms with Crippen LogP contribution in [-0.4, -0.2) is 31.7 Å². The Balaban J connectivity index is 2.41. The van der Waals surface area contributed by atoms with Gasteiger partial charge in [-0.2, -0.15) is 5.10 Å². The van der Waals surface area contributed by atoms with Crippen molar-refractivity contribution in [2.24, 2.45) is 7.05 Å². The van der Waals surface area contributed by atoms with Crippen LogP contribution in [0.3, 0.4) is 0 Å². The van der Waals surface area contributed by atoms with Crippen molar-refractivity contribution in [2.45, 2.75) is 26.8 Å². The van der Waals surface area contributed by atoms with Gasteiger partial charge in [0, 0.05) is 7.05 Å². The van der Waals surface area contributed by atoms with Gasteiger partial charge in [-0.05, 0) is 37.5 Å². The fraction of sp³-hybridized carbons (Fsp3) is 0.312. The van der Waals surface area contributed by atoms with Crippen molar-refractivity contribution in [3.63, 3.8) is 0 Å². The van der Waals surface area contributed by atoms with Crippen LogP contribution in [0.1, 0.15) is 38.9 Å². The van der Waals surface area contributed by atoms with Gasteiger partial charge in [0.15, 0.2) is 6.04 Å². The molecule has 132 valence electrons. The summed E-state index contributed by atoms with van der Waals surface area (Å²) in [5, 5.41) is 26.9. The summed E-state index contributed by atoms with van der Waals surface area (Å²) in [7, 11) is 1.39. The van der Waals surface area contributed by atoms with E-state index in [9.17, 15) is 24.8 Å². The molecule has 1 aromatic heterocycles. The first-order valence-corrected chi connectivity index (χ1v) is 7.42. The molecule has 0 bridgehead atoms. The van der Waals surface area contributed by atoms with Crippen molar-refractivity contribution in [3.05, 3.63) is 56.4 Å². The first-order valence-electron chi connectivity index (χ1n) is 7.42. The maximum absolute atomic E-state index is 12.5. The van der Waals surface area contributed by atoms with E-state index in [-0.39, 0.29) is 11.4 Å². The molecule has 2 N–H and O–H groups in total. The molecule has 1 atom stereocenters. The molecule has 9 nitrogen and oxygen atoms in total. The molecule has 9 heteroatoms. The molecular weight excluding hydrogens is 328 g/mol. The standard InChI is InChI=1S/C16H18N4O5/c1-8-5-6-11(7-9(8)2)12(16(22)23)17-15(21)14-13(20(24)25)10(3)18-19(14)4/h5-7,12H,1-4H3,(H,17,21)(H,22,23). The Kier molecular flexibility index (Phi) is 4.87. The lowest BCUT2D eigenvalue weighted by Gasteiger charge is -2.16. The van der Waals surface area contributed by atoms with Gasteiger partial charge in [0.2, 0.25) is 5.69 Å². The van der Waals surface area contributed by atoms with E-state index in [1.54, 1.807) is 18.2 Å². The Morgan fingerprint density at radius 1 is 1.28 bits per heavy atom. The van der Waals surface area contributed by atoms with E-state index in [0.717, 1.165) is 15.8 Å². The molecular formula is C16H18N4O5. The molecule has 0 saturated carbocycles. The topological polar surface area (TPSA) is 127 Å². The largest absolute Gasteiger partial charge is 0.479 e. The zero-order valence-corrected chi connectivity index (χ0v) is 14.2. The van der Waals surface area contributed by atoms with Gasteiger partial charge < -0.3 is 10.4 Å². The summed E-state index contributed by atoms with van der Waals surface area (Å²) in [4.78, 5) is 34.6. The van der Waals surface area contributed by atoms with Gasteiger partial charge in [-0.15, -0.1) is 0 Å². The Morgan fingerprint density at radius 3 is 2.44 bits per heavy atom. The normalized spacial score (nSPS) is 11.8. The summed E-state index contributed by atoms with van der Waals surface area (Å²) in [6.07, 6.45) is 0. The Hall–Kier alpha value is -3.23. The molecule has 1 heterocycles. The van der Waals surface area contributed by atoms with E-state index in [0.29, 0.717) is 5.56 Å². The summed E-state index contributed by atoms with van der Waals surface area (Å²) in [5.74, 6) is -2.14. The molecule has 0 spiro atoms. The van der Waals surface area contributed by atoms with E-state index >= 15 is 0 Å². The predicted molar refractivity (Wildman–Crippen MR) is 88.4 cm³/mol. The molecule has 0 saturated heterocycles. The average Bonchev–Trinajstić information content (AvgIpc) is 2.81. The number of aryl methyl sites for hydroxylation is 4. The number of carboxylic acid groups (broad SMARTS) is 1. The van der Waals surface area contributed by atoms with Gasteiger partial charge >= 0.3 is 11.7 Å². The van der Waals surface area contributed by atoms with Crippen molar-refractivity contribution < 1.29 is 19.6 Å². The van der Waals surface area contributed by atoms with Crippen LogP contribution in [0.25, 0.3) is 0 Å². The van der Waals surface area contributed by atoms with Crippen LogP contribution in [0, 0.1) is 30.9 Å².